The zero-order chi connectivity index (χ0) is 29.3. The number of rotatable bonds is 5. The molecule has 0 unspecified atom stereocenters. The number of phenolic OH excluding ortho intramolecular Hbond substituents is 2. The molecule has 214 valence electrons. The van der Waals surface area contributed by atoms with Gasteiger partial charge in [-0.05, 0) is 34.0 Å². The van der Waals surface area contributed by atoms with Gasteiger partial charge >= 0.3 is 0 Å². The highest BCUT2D eigenvalue weighted by Crippen LogP contribution is 2.52. The van der Waals surface area contributed by atoms with Crippen molar-refractivity contribution < 1.29 is 49.0 Å². The average Bonchev–Trinajstić information content (AvgIpc) is 2.90. The molecule has 2 aromatic carbocycles. The van der Waals surface area contributed by atoms with E-state index in [1.54, 1.807) is 21.0 Å². The van der Waals surface area contributed by atoms with E-state index in [9.17, 15) is 34.8 Å². The van der Waals surface area contributed by atoms with E-state index in [0.29, 0.717) is 0 Å². The number of hydrogen-bond acceptors (Lipinski definition) is 11. The highest BCUT2D eigenvalue weighted by Gasteiger charge is 2.49. The number of Topliss-reactive ketones (excluding diaryl/α,β-unsaturated/α-hetero) is 1. The first kappa shape index (κ1) is 28.2. The van der Waals surface area contributed by atoms with Crippen molar-refractivity contribution in [1.29, 1.82) is 0 Å². The molecule has 40 heavy (non-hydrogen) atoms. The van der Waals surface area contributed by atoms with Crippen LogP contribution in [0.25, 0.3) is 0 Å². The molecule has 1 heterocycles. The predicted molar refractivity (Wildman–Crippen MR) is 140 cm³/mol. The van der Waals surface area contributed by atoms with Gasteiger partial charge in [0.05, 0.1) is 42.1 Å². The number of hydrogen-bond donors (Lipinski definition) is 4. The van der Waals surface area contributed by atoms with E-state index in [-0.39, 0.29) is 46.9 Å². The van der Waals surface area contributed by atoms with Crippen LogP contribution < -0.4 is 4.74 Å². The summed E-state index contributed by atoms with van der Waals surface area (Å²) >= 11 is 0. The quantitative estimate of drug-likeness (QED) is 0.339. The summed E-state index contributed by atoms with van der Waals surface area (Å²) in [7, 11) is 4.96. The number of ether oxygens (including phenoxy) is 3. The second kappa shape index (κ2) is 9.93. The first-order valence-corrected chi connectivity index (χ1v) is 13.1. The Balaban J connectivity index is 1.66. The van der Waals surface area contributed by atoms with Crippen molar-refractivity contribution in [3.63, 3.8) is 0 Å². The van der Waals surface area contributed by atoms with Gasteiger partial charge in [0.1, 0.15) is 22.8 Å². The Morgan fingerprint density at radius 3 is 2.40 bits per heavy atom. The van der Waals surface area contributed by atoms with Gasteiger partial charge < -0.3 is 39.5 Å². The van der Waals surface area contributed by atoms with E-state index >= 15 is 0 Å². The van der Waals surface area contributed by atoms with Crippen molar-refractivity contribution in [2.24, 2.45) is 0 Å². The molecular formula is C29H33NO10. The Labute approximate surface area is 230 Å². The number of methoxy groups -OCH3 is 1. The summed E-state index contributed by atoms with van der Waals surface area (Å²) in [5.41, 5.74) is -2.92. The van der Waals surface area contributed by atoms with Gasteiger partial charge in [-0.25, -0.2) is 0 Å². The fourth-order valence-corrected chi connectivity index (χ4v) is 6.11. The highest BCUT2D eigenvalue weighted by atomic mass is 16.7. The molecule has 0 bridgehead atoms. The second-order valence-electron chi connectivity index (χ2n) is 11.0. The minimum absolute atomic E-state index is 0.00480. The third-order valence-corrected chi connectivity index (χ3v) is 8.39. The van der Waals surface area contributed by atoms with Crippen molar-refractivity contribution >= 4 is 17.3 Å². The molecule has 0 amide bonds. The van der Waals surface area contributed by atoms with E-state index in [0.717, 1.165) is 0 Å². The van der Waals surface area contributed by atoms with Crippen LogP contribution in [0.15, 0.2) is 18.2 Å². The number of carbonyl (C=O) groups excluding carboxylic acids is 3. The number of nitrogens with zero attached hydrogens (tertiary/aromatic N) is 1. The van der Waals surface area contributed by atoms with Crippen LogP contribution in [0, 0.1) is 0 Å². The molecule has 11 nitrogen and oxygen atoms in total. The minimum atomic E-state index is -1.99. The van der Waals surface area contributed by atoms with Crippen LogP contribution in [0.2, 0.25) is 0 Å². The van der Waals surface area contributed by atoms with Gasteiger partial charge in [0, 0.05) is 42.0 Å². The maximum Gasteiger partial charge on any atom is 0.202 e. The van der Waals surface area contributed by atoms with E-state index in [1.807, 2.05) is 4.90 Å². The van der Waals surface area contributed by atoms with E-state index in [2.05, 4.69) is 0 Å². The van der Waals surface area contributed by atoms with Crippen molar-refractivity contribution in [3.8, 4) is 17.2 Å². The van der Waals surface area contributed by atoms with Crippen molar-refractivity contribution in [2.45, 2.75) is 69.4 Å². The predicted octanol–water partition coefficient (Wildman–Crippen LogP) is 1.63. The standard InChI is InChI=1S/C29H33NO10/c1-12-24(32)16(30(3)4)9-19(39-12)40-18-11-29(37,13(2)31)10-15-21(18)28(36)23-22(26(15)34)25(33)14-7-6-8-17(38-5)20(14)27(23)35/h6-8,12,16,18-19,24,32,34,36-37H,9-11H2,1-5H3/t12-,16-,18+,19-,24+,29+/m1/s1. The molecule has 0 radical (unpaired) electrons. The van der Waals surface area contributed by atoms with E-state index in [4.69, 9.17) is 14.2 Å². The molecule has 0 aromatic heterocycles. The first-order chi connectivity index (χ1) is 18.8. The van der Waals surface area contributed by atoms with Crippen LogP contribution in [-0.2, 0) is 20.7 Å². The number of benzene rings is 2. The number of likely N-dealkylation sites (N-methyl/N-ethyl adjacent to an activating group) is 1. The number of fused-ring (bicyclic) bond motifs is 3. The Morgan fingerprint density at radius 2 is 1.77 bits per heavy atom. The molecule has 4 N–H and O–H groups in total. The Kier molecular flexibility index (Phi) is 7.00. The Bertz CT molecular complexity index is 1420. The third kappa shape index (κ3) is 4.20. The maximum absolute atomic E-state index is 13.7. The van der Waals surface area contributed by atoms with Crippen LogP contribution in [0.1, 0.15) is 75.8 Å². The van der Waals surface area contributed by atoms with E-state index < -0.39 is 76.6 Å². The Morgan fingerprint density at radius 1 is 1.10 bits per heavy atom. The monoisotopic (exact) mass is 555 g/mol. The van der Waals surface area contributed by atoms with Gasteiger partial charge in [0.25, 0.3) is 0 Å². The smallest absolute Gasteiger partial charge is 0.202 e. The van der Waals surface area contributed by atoms with Gasteiger partial charge in [-0.3, -0.25) is 14.4 Å². The number of aromatic hydroxyl groups is 2. The lowest BCUT2D eigenvalue weighted by Crippen LogP contribution is -2.54. The second-order valence-corrected chi connectivity index (χ2v) is 11.0. The first-order valence-electron chi connectivity index (χ1n) is 13.1. The lowest BCUT2D eigenvalue weighted by molar-refractivity contribution is -0.256. The number of ketones is 3. The molecule has 0 spiro atoms. The molecule has 0 saturated carbocycles. The molecule has 1 saturated heterocycles. The van der Waals surface area contributed by atoms with Crippen LogP contribution in [-0.4, -0.2) is 94.0 Å². The molecule has 3 aliphatic rings. The molecule has 1 fully saturated rings. The zero-order valence-corrected chi connectivity index (χ0v) is 22.9. The lowest BCUT2D eigenvalue weighted by Gasteiger charge is -2.44. The molecule has 1 aliphatic heterocycles. The van der Waals surface area contributed by atoms with E-state index in [1.165, 1.54) is 32.2 Å². The summed E-state index contributed by atoms with van der Waals surface area (Å²) in [6, 6.07) is 4.13. The third-order valence-electron chi connectivity index (χ3n) is 8.39. The summed E-state index contributed by atoms with van der Waals surface area (Å²) < 4.78 is 17.4. The topological polar surface area (TPSA) is 163 Å². The van der Waals surface area contributed by atoms with Crippen LogP contribution >= 0.6 is 0 Å². The van der Waals surface area contributed by atoms with Gasteiger partial charge in [0.2, 0.25) is 5.78 Å². The fourth-order valence-electron chi connectivity index (χ4n) is 6.11. The molecule has 11 heteroatoms. The Hall–Kier alpha value is -3.35. The van der Waals surface area contributed by atoms with Gasteiger partial charge in [0.15, 0.2) is 17.9 Å². The summed E-state index contributed by atoms with van der Waals surface area (Å²) in [5, 5.41) is 44.9. The van der Waals surface area contributed by atoms with Crippen molar-refractivity contribution in [2.75, 3.05) is 21.2 Å². The number of carbonyl (C=O) groups is 3. The van der Waals surface area contributed by atoms with Gasteiger partial charge in [-0.15, -0.1) is 0 Å². The molecule has 2 aromatic rings. The average molecular weight is 556 g/mol. The molecule has 2 aliphatic carbocycles. The zero-order valence-electron chi connectivity index (χ0n) is 22.9. The number of aliphatic hydroxyl groups excluding tert-OH is 1. The SMILES string of the molecule is COc1cccc2c1C(=O)c1c(O)c3c(c(O)c1C2=O)C[C@@](O)(C(C)=O)C[C@@H]3O[C@@H]1C[C@@H](N(C)C)[C@@H](O)[C@@H](C)O1. The van der Waals surface area contributed by atoms with Gasteiger partial charge in [-0.2, -0.15) is 0 Å². The number of aliphatic hydroxyl groups is 2. The lowest BCUT2D eigenvalue weighted by atomic mass is 9.72. The fraction of sp³-hybridized carbons (Fsp3) is 0.483. The van der Waals surface area contributed by atoms with Crippen LogP contribution in [0.3, 0.4) is 0 Å². The summed E-state index contributed by atoms with van der Waals surface area (Å²) in [4.78, 5) is 41.7. The van der Waals surface area contributed by atoms with Crippen molar-refractivity contribution in [1.82, 2.24) is 4.90 Å². The summed E-state index contributed by atoms with van der Waals surface area (Å²) in [6.07, 6.45) is -4.02. The minimum Gasteiger partial charge on any atom is -0.507 e. The molecule has 5 rings (SSSR count). The molecular weight excluding hydrogens is 522 g/mol. The number of phenols is 2. The maximum atomic E-state index is 13.7. The van der Waals surface area contributed by atoms with Gasteiger partial charge in [-0.1, -0.05) is 12.1 Å². The largest absolute Gasteiger partial charge is 0.507 e. The van der Waals surface area contributed by atoms with Crippen LogP contribution in [0.5, 0.6) is 17.2 Å². The normalized spacial score (nSPS) is 29.6. The van der Waals surface area contributed by atoms with Crippen LogP contribution in [0.4, 0.5) is 0 Å². The summed E-state index contributed by atoms with van der Waals surface area (Å²) in [6.45, 7) is 2.89. The highest BCUT2D eigenvalue weighted by molar-refractivity contribution is 6.31. The molecule has 6 atom stereocenters. The summed E-state index contributed by atoms with van der Waals surface area (Å²) in [5.74, 6) is -3.08. The van der Waals surface area contributed by atoms with Crippen molar-refractivity contribution in [3.05, 3.63) is 51.6 Å².